The fourth-order valence-electron chi connectivity index (χ4n) is 4.82. The van der Waals surface area contributed by atoms with Crippen molar-refractivity contribution in [3.63, 3.8) is 0 Å². The van der Waals surface area contributed by atoms with Crippen molar-refractivity contribution in [2.45, 2.75) is 18.6 Å². The average molecular weight is 418 g/mol. The van der Waals surface area contributed by atoms with Gasteiger partial charge in [0.15, 0.2) is 0 Å². The van der Waals surface area contributed by atoms with Gasteiger partial charge in [0.2, 0.25) is 11.8 Å². The van der Waals surface area contributed by atoms with Crippen LogP contribution in [0.15, 0.2) is 60.7 Å². The number of imide groups is 1. The van der Waals surface area contributed by atoms with Gasteiger partial charge < -0.3 is 14.8 Å². The molecule has 3 amide bonds. The van der Waals surface area contributed by atoms with Crippen molar-refractivity contribution in [2.75, 3.05) is 18.6 Å². The molecule has 3 aliphatic heterocycles. The highest BCUT2D eigenvalue weighted by molar-refractivity contribution is 6.23. The highest BCUT2D eigenvalue weighted by Gasteiger charge is 2.67. The number of fused-ring (bicyclic) bond motifs is 5. The maximum Gasteiger partial charge on any atom is 0.251 e. The van der Waals surface area contributed by atoms with Gasteiger partial charge in [-0.3, -0.25) is 14.4 Å². The molecule has 0 radical (unpaired) electrons. The van der Waals surface area contributed by atoms with Crippen LogP contribution in [0, 0.1) is 18.8 Å². The van der Waals surface area contributed by atoms with Crippen molar-refractivity contribution >= 4 is 23.4 Å². The molecule has 2 aromatic carbocycles. The van der Waals surface area contributed by atoms with Crippen molar-refractivity contribution in [2.24, 2.45) is 11.8 Å². The number of hydrogen-bond donors (Lipinski definition) is 1. The monoisotopic (exact) mass is 418 g/mol. The summed E-state index contributed by atoms with van der Waals surface area (Å²) < 4.78 is 11.2. The molecule has 7 nitrogen and oxygen atoms in total. The number of methoxy groups -OCH3 is 1. The van der Waals surface area contributed by atoms with E-state index in [0.717, 1.165) is 5.56 Å². The van der Waals surface area contributed by atoms with Crippen molar-refractivity contribution in [1.29, 1.82) is 0 Å². The Labute approximate surface area is 179 Å². The van der Waals surface area contributed by atoms with E-state index < -0.39 is 23.5 Å². The highest BCUT2D eigenvalue weighted by atomic mass is 16.5. The third-order valence-electron chi connectivity index (χ3n) is 6.39. The molecule has 0 aliphatic carbocycles. The first-order valence-electron chi connectivity index (χ1n) is 10.2. The summed E-state index contributed by atoms with van der Waals surface area (Å²) in [7, 11) is 1.56. The summed E-state index contributed by atoms with van der Waals surface area (Å²) in [4.78, 5) is 40.5. The minimum absolute atomic E-state index is 0.104. The van der Waals surface area contributed by atoms with Crippen LogP contribution in [0.1, 0.15) is 15.9 Å². The lowest BCUT2D eigenvalue weighted by Crippen LogP contribution is -2.48. The molecule has 0 saturated carbocycles. The number of nitrogens with one attached hydrogen (secondary N) is 1. The fourth-order valence-corrected chi connectivity index (χ4v) is 4.82. The van der Waals surface area contributed by atoms with Crippen molar-refractivity contribution in [1.82, 2.24) is 5.32 Å². The molecule has 3 aliphatic rings. The zero-order chi connectivity index (χ0) is 21.8. The summed E-state index contributed by atoms with van der Waals surface area (Å²) >= 11 is 0. The molecule has 5 rings (SSSR count). The molecule has 1 N–H and O–H groups in total. The second-order valence-electron chi connectivity index (χ2n) is 8.11. The zero-order valence-electron chi connectivity index (χ0n) is 17.2. The molecule has 0 aromatic heterocycles. The van der Waals surface area contributed by atoms with Gasteiger partial charge in [0.25, 0.3) is 5.91 Å². The number of carbonyl (C=O) groups excluding carboxylic acids is 3. The molecule has 7 heteroatoms. The number of nitrogens with zero attached hydrogens (tertiary/aromatic N) is 1. The predicted molar refractivity (Wildman–Crippen MR) is 113 cm³/mol. The Morgan fingerprint density at radius 2 is 1.87 bits per heavy atom. The molecular formula is C24H22N2O5. The van der Waals surface area contributed by atoms with E-state index in [9.17, 15) is 14.4 Å². The topological polar surface area (TPSA) is 84.9 Å². The molecular weight excluding hydrogens is 396 g/mol. The maximum absolute atomic E-state index is 13.4. The summed E-state index contributed by atoms with van der Waals surface area (Å²) in [6, 6.07) is 14.1. The molecule has 4 atom stereocenters. The number of anilines is 1. The van der Waals surface area contributed by atoms with E-state index in [-0.39, 0.29) is 24.3 Å². The Bertz CT molecular complexity index is 1110. The first kappa shape index (κ1) is 19.5. The predicted octanol–water partition coefficient (Wildman–Crippen LogP) is 2.25. The maximum atomic E-state index is 13.4. The summed E-state index contributed by atoms with van der Waals surface area (Å²) in [5.41, 5.74) is 0.901. The molecule has 31 heavy (non-hydrogen) atoms. The van der Waals surface area contributed by atoms with Crippen LogP contribution in [-0.2, 0) is 14.3 Å². The van der Waals surface area contributed by atoms with Crippen LogP contribution in [0.2, 0.25) is 0 Å². The Morgan fingerprint density at radius 3 is 2.58 bits per heavy atom. The standard InChI is InChI=1S/C24H22N2O5/c1-14-5-3-4-6-17(14)26-22(28)19-18-11-12-24(31-18,20(19)23(26)29)13-25-21(27)15-7-9-16(30-2)10-8-15/h3-12,18-20H,13H2,1-2H3,(H,25,27)/t18-,19-,20+,24-/m1/s1. The van der Waals surface area contributed by atoms with Crippen molar-refractivity contribution in [3.8, 4) is 5.75 Å². The van der Waals surface area contributed by atoms with Gasteiger partial charge >= 0.3 is 0 Å². The molecule has 2 fully saturated rings. The Morgan fingerprint density at radius 1 is 1.13 bits per heavy atom. The van der Waals surface area contributed by atoms with Crippen LogP contribution in [0.4, 0.5) is 5.69 Å². The van der Waals surface area contributed by atoms with Crippen LogP contribution in [-0.4, -0.2) is 43.1 Å². The molecule has 2 saturated heterocycles. The zero-order valence-corrected chi connectivity index (χ0v) is 17.2. The summed E-state index contributed by atoms with van der Waals surface area (Å²) in [6.45, 7) is 1.98. The van der Waals surface area contributed by atoms with Gasteiger partial charge in [0, 0.05) is 5.56 Å². The fraction of sp³-hybridized carbons (Fsp3) is 0.292. The summed E-state index contributed by atoms with van der Waals surface area (Å²) in [5.74, 6) is -1.39. The van der Waals surface area contributed by atoms with E-state index >= 15 is 0 Å². The van der Waals surface area contributed by atoms with E-state index in [1.54, 1.807) is 37.4 Å². The van der Waals surface area contributed by atoms with Crippen LogP contribution in [0.5, 0.6) is 5.75 Å². The lowest BCUT2D eigenvalue weighted by molar-refractivity contribution is -0.126. The van der Waals surface area contributed by atoms with Gasteiger partial charge in [-0.05, 0) is 42.8 Å². The van der Waals surface area contributed by atoms with Gasteiger partial charge in [0.05, 0.1) is 37.3 Å². The van der Waals surface area contributed by atoms with Crippen LogP contribution in [0.3, 0.4) is 0 Å². The van der Waals surface area contributed by atoms with Gasteiger partial charge in [-0.2, -0.15) is 0 Å². The quantitative estimate of drug-likeness (QED) is 0.595. The van der Waals surface area contributed by atoms with E-state index in [1.807, 2.05) is 37.3 Å². The number of carbonyl (C=O) groups is 3. The molecule has 0 spiro atoms. The van der Waals surface area contributed by atoms with E-state index in [4.69, 9.17) is 9.47 Å². The van der Waals surface area contributed by atoms with Crippen LogP contribution < -0.4 is 15.0 Å². The van der Waals surface area contributed by atoms with Gasteiger partial charge in [-0.25, -0.2) is 4.90 Å². The first-order chi connectivity index (χ1) is 14.9. The lowest BCUT2D eigenvalue weighted by atomic mass is 9.77. The molecule has 2 bridgehead atoms. The van der Waals surface area contributed by atoms with Gasteiger partial charge in [0.1, 0.15) is 11.4 Å². The van der Waals surface area contributed by atoms with E-state index in [1.165, 1.54) is 4.90 Å². The number of rotatable bonds is 5. The molecule has 2 aromatic rings. The Balaban J connectivity index is 1.38. The van der Waals surface area contributed by atoms with Crippen LogP contribution in [0.25, 0.3) is 0 Å². The second-order valence-corrected chi connectivity index (χ2v) is 8.11. The largest absolute Gasteiger partial charge is 0.497 e. The molecule has 158 valence electrons. The minimum Gasteiger partial charge on any atom is -0.497 e. The third-order valence-corrected chi connectivity index (χ3v) is 6.39. The number of amides is 3. The SMILES string of the molecule is COc1ccc(C(=O)NC[C@@]23C=C[C@@H](O2)[C@H]2C(=O)N(c4ccccc4C)C(=O)[C@H]23)cc1. The summed E-state index contributed by atoms with van der Waals surface area (Å²) in [6.07, 6.45) is 3.18. The highest BCUT2D eigenvalue weighted by Crippen LogP contribution is 2.52. The minimum atomic E-state index is -1.03. The molecule has 3 heterocycles. The van der Waals surface area contributed by atoms with E-state index in [2.05, 4.69) is 5.32 Å². The van der Waals surface area contributed by atoms with E-state index in [0.29, 0.717) is 17.0 Å². The van der Waals surface area contributed by atoms with Gasteiger partial charge in [-0.1, -0.05) is 30.4 Å². The first-order valence-corrected chi connectivity index (χ1v) is 10.2. The lowest BCUT2D eigenvalue weighted by Gasteiger charge is -2.29. The van der Waals surface area contributed by atoms with Crippen molar-refractivity contribution in [3.05, 3.63) is 71.8 Å². The smallest absolute Gasteiger partial charge is 0.251 e. The van der Waals surface area contributed by atoms with Crippen LogP contribution >= 0.6 is 0 Å². The number of ether oxygens (including phenoxy) is 2. The second kappa shape index (κ2) is 7.06. The Kier molecular flexibility index (Phi) is 4.44. The number of aryl methyl sites for hydroxylation is 1. The number of para-hydroxylation sites is 1. The normalized spacial score (nSPS) is 28.2. The Hall–Kier alpha value is -3.45. The number of hydrogen-bond acceptors (Lipinski definition) is 5. The molecule has 0 unspecified atom stereocenters. The van der Waals surface area contributed by atoms with Crippen molar-refractivity contribution < 1.29 is 23.9 Å². The third kappa shape index (κ3) is 2.88. The average Bonchev–Trinajstić information content (AvgIpc) is 3.43. The summed E-state index contributed by atoms with van der Waals surface area (Å²) in [5, 5.41) is 2.87. The number of benzene rings is 2. The van der Waals surface area contributed by atoms with Gasteiger partial charge in [-0.15, -0.1) is 0 Å².